The number of ether oxygens (including phenoxy) is 3. The maximum atomic E-state index is 9.49. The fraction of sp³-hybridized carbons (Fsp3) is 1.00. The molecule has 5 atom stereocenters. The molecule has 0 aliphatic carbocycles. The van der Waals surface area contributed by atoms with E-state index in [0.717, 1.165) is 0 Å². The molecule has 0 spiro atoms. The highest BCUT2D eigenvalue weighted by molar-refractivity contribution is 4.94. The molecular weight excluding hydrogens is 164 g/mol. The number of methoxy groups -OCH3 is 1. The summed E-state index contributed by atoms with van der Waals surface area (Å²) in [5.74, 6) is 0. The van der Waals surface area contributed by atoms with Gasteiger partial charge in [0.15, 0.2) is 6.29 Å². The Balaban J connectivity index is 2.12. The second-order valence-corrected chi connectivity index (χ2v) is 3.06. The second kappa shape index (κ2) is 2.93. The standard InChI is InChI=1S/C7H12O5/c1-10-7-5(9)6-4(8)3(12-7)2-11-6/h3-9H,2H2,1H3/t3-,4-,5-,6+,7?/m1/s1. The second-order valence-electron chi connectivity index (χ2n) is 3.06. The Bertz CT molecular complexity index is 173. The normalized spacial score (nSPS) is 52.8. The first-order valence-electron chi connectivity index (χ1n) is 3.90. The van der Waals surface area contributed by atoms with Crippen LogP contribution in [0.15, 0.2) is 0 Å². The smallest absolute Gasteiger partial charge is 0.186 e. The van der Waals surface area contributed by atoms with Gasteiger partial charge >= 0.3 is 0 Å². The van der Waals surface area contributed by atoms with Gasteiger partial charge in [0.05, 0.1) is 6.61 Å². The fourth-order valence-corrected chi connectivity index (χ4v) is 1.64. The van der Waals surface area contributed by atoms with Gasteiger partial charge in [-0.15, -0.1) is 0 Å². The molecule has 12 heavy (non-hydrogen) atoms. The molecule has 5 heteroatoms. The van der Waals surface area contributed by atoms with Crippen LogP contribution in [0, 0.1) is 0 Å². The van der Waals surface area contributed by atoms with Crippen molar-refractivity contribution in [3.05, 3.63) is 0 Å². The minimum Gasteiger partial charge on any atom is -0.387 e. The molecule has 2 aliphatic rings. The van der Waals surface area contributed by atoms with E-state index in [2.05, 4.69) is 0 Å². The van der Waals surface area contributed by atoms with Crippen molar-refractivity contribution in [2.45, 2.75) is 30.7 Å². The zero-order chi connectivity index (χ0) is 8.72. The van der Waals surface area contributed by atoms with Crippen molar-refractivity contribution in [1.82, 2.24) is 0 Å². The summed E-state index contributed by atoms with van der Waals surface area (Å²) >= 11 is 0. The minimum absolute atomic E-state index is 0.322. The highest BCUT2D eigenvalue weighted by Gasteiger charge is 2.50. The third-order valence-corrected chi connectivity index (χ3v) is 2.33. The Morgan fingerprint density at radius 2 is 2.08 bits per heavy atom. The van der Waals surface area contributed by atoms with Gasteiger partial charge in [-0.3, -0.25) is 0 Å². The third kappa shape index (κ3) is 1.06. The lowest BCUT2D eigenvalue weighted by atomic mass is 10.0. The molecule has 2 bridgehead atoms. The first-order valence-corrected chi connectivity index (χ1v) is 3.90. The summed E-state index contributed by atoms with van der Waals surface area (Å²) in [5.41, 5.74) is 0. The lowest BCUT2D eigenvalue weighted by molar-refractivity contribution is -0.253. The van der Waals surface area contributed by atoms with Crippen LogP contribution >= 0.6 is 0 Å². The molecule has 2 aliphatic heterocycles. The molecule has 2 N–H and O–H groups in total. The van der Waals surface area contributed by atoms with Crippen molar-refractivity contribution in [1.29, 1.82) is 0 Å². The number of hydrogen-bond acceptors (Lipinski definition) is 5. The van der Waals surface area contributed by atoms with E-state index in [0.29, 0.717) is 6.61 Å². The number of aliphatic hydroxyl groups is 2. The summed E-state index contributed by atoms with van der Waals surface area (Å²) < 4.78 is 15.2. The average molecular weight is 176 g/mol. The highest BCUT2D eigenvalue weighted by Crippen LogP contribution is 2.29. The largest absolute Gasteiger partial charge is 0.387 e. The van der Waals surface area contributed by atoms with Crippen LogP contribution in [0.25, 0.3) is 0 Å². The van der Waals surface area contributed by atoms with Crippen molar-refractivity contribution < 1.29 is 24.4 Å². The zero-order valence-electron chi connectivity index (χ0n) is 6.71. The summed E-state index contributed by atoms with van der Waals surface area (Å²) in [6, 6.07) is 0. The van der Waals surface area contributed by atoms with Crippen LogP contribution in [0.2, 0.25) is 0 Å². The fourth-order valence-electron chi connectivity index (χ4n) is 1.64. The van der Waals surface area contributed by atoms with Gasteiger partial charge in [0.1, 0.15) is 24.4 Å². The molecule has 2 fully saturated rings. The molecule has 0 radical (unpaired) electrons. The predicted octanol–water partition coefficient (Wildman–Crippen LogP) is -1.52. The van der Waals surface area contributed by atoms with Crippen LogP contribution in [-0.2, 0) is 14.2 Å². The maximum absolute atomic E-state index is 9.49. The lowest BCUT2D eigenvalue weighted by Crippen LogP contribution is -2.53. The Labute approximate surface area is 69.8 Å². The van der Waals surface area contributed by atoms with Gasteiger partial charge < -0.3 is 24.4 Å². The molecule has 2 heterocycles. The summed E-state index contributed by atoms with van der Waals surface area (Å²) in [7, 11) is 1.45. The zero-order valence-corrected chi connectivity index (χ0v) is 6.71. The quantitative estimate of drug-likeness (QED) is 0.507. The molecule has 0 saturated carbocycles. The van der Waals surface area contributed by atoms with Crippen LogP contribution in [0.3, 0.4) is 0 Å². The van der Waals surface area contributed by atoms with Crippen LogP contribution in [0.1, 0.15) is 0 Å². The van der Waals surface area contributed by atoms with Crippen molar-refractivity contribution >= 4 is 0 Å². The van der Waals surface area contributed by atoms with Gasteiger partial charge in [-0.1, -0.05) is 0 Å². The molecule has 70 valence electrons. The molecule has 0 aromatic rings. The van der Waals surface area contributed by atoms with Crippen LogP contribution in [-0.4, -0.2) is 54.6 Å². The minimum atomic E-state index is -0.899. The van der Waals surface area contributed by atoms with Crippen molar-refractivity contribution in [3.63, 3.8) is 0 Å². The summed E-state index contributed by atoms with van der Waals surface area (Å²) in [4.78, 5) is 0. The van der Waals surface area contributed by atoms with E-state index < -0.39 is 24.6 Å². The Morgan fingerprint density at radius 3 is 2.75 bits per heavy atom. The van der Waals surface area contributed by atoms with E-state index >= 15 is 0 Å². The molecule has 2 saturated heterocycles. The van der Waals surface area contributed by atoms with Crippen molar-refractivity contribution in [2.75, 3.05) is 13.7 Å². The van der Waals surface area contributed by atoms with Crippen LogP contribution in [0.4, 0.5) is 0 Å². The lowest BCUT2D eigenvalue weighted by Gasteiger charge is -2.33. The highest BCUT2D eigenvalue weighted by atomic mass is 16.7. The van der Waals surface area contributed by atoms with Crippen molar-refractivity contribution in [2.24, 2.45) is 0 Å². The van der Waals surface area contributed by atoms with E-state index in [1.807, 2.05) is 0 Å². The summed E-state index contributed by atoms with van der Waals surface area (Å²) in [6.45, 7) is 0.322. The predicted molar refractivity (Wildman–Crippen MR) is 37.4 cm³/mol. The Hall–Kier alpha value is -0.200. The van der Waals surface area contributed by atoms with Crippen LogP contribution in [0.5, 0.6) is 0 Å². The van der Waals surface area contributed by atoms with E-state index in [4.69, 9.17) is 14.2 Å². The van der Waals surface area contributed by atoms with Gasteiger partial charge in [-0.25, -0.2) is 0 Å². The SMILES string of the molecule is COC1O[C@@H]2CO[C@@H]([C@@H]2O)[C@H]1O. The maximum Gasteiger partial charge on any atom is 0.186 e. The molecule has 0 aromatic heterocycles. The van der Waals surface area contributed by atoms with E-state index in [1.165, 1.54) is 7.11 Å². The first-order chi connectivity index (χ1) is 5.74. The summed E-state index contributed by atoms with van der Waals surface area (Å²) in [6.07, 6.45) is -3.22. The molecule has 5 nitrogen and oxygen atoms in total. The molecule has 0 aromatic carbocycles. The first kappa shape index (κ1) is 8.40. The Morgan fingerprint density at radius 1 is 1.33 bits per heavy atom. The van der Waals surface area contributed by atoms with Crippen molar-refractivity contribution in [3.8, 4) is 0 Å². The molecule has 1 unspecified atom stereocenters. The Kier molecular flexibility index (Phi) is 2.05. The van der Waals surface area contributed by atoms with E-state index in [1.54, 1.807) is 0 Å². The van der Waals surface area contributed by atoms with Gasteiger partial charge in [-0.2, -0.15) is 0 Å². The number of fused-ring (bicyclic) bond motifs is 2. The molecule has 0 amide bonds. The number of aliphatic hydroxyl groups excluding tert-OH is 2. The van der Waals surface area contributed by atoms with Gasteiger partial charge in [0, 0.05) is 7.11 Å². The van der Waals surface area contributed by atoms with E-state index in [9.17, 15) is 10.2 Å². The molecule has 2 rings (SSSR count). The average Bonchev–Trinajstić information content (AvgIpc) is 2.31. The number of rotatable bonds is 1. The van der Waals surface area contributed by atoms with Gasteiger partial charge in [0.25, 0.3) is 0 Å². The van der Waals surface area contributed by atoms with Gasteiger partial charge in [-0.05, 0) is 0 Å². The summed E-state index contributed by atoms with van der Waals surface area (Å²) in [5, 5.41) is 18.9. The van der Waals surface area contributed by atoms with Crippen LogP contribution < -0.4 is 0 Å². The topological polar surface area (TPSA) is 68.2 Å². The monoisotopic (exact) mass is 176 g/mol. The van der Waals surface area contributed by atoms with E-state index in [-0.39, 0.29) is 6.10 Å². The van der Waals surface area contributed by atoms with Gasteiger partial charge in [0.2, 0.25) is 0 Å². The molecular formula is C7H12O5. The number of hydrogen-bond donors (Lipinski definition) is 2. The third-order valence-electron chi connectivity index (χ3n) is 2.33.